The van der Waals surface area contributed by atoms with E-state index in [-0.39, 0.29) is 18.3 Å². The van der Waals surface area contributed by atoms with Crippen LogP contribution in [-0.4, -0.2) is 66.0 Å². The number of guanidine groups is 1. The Bertz CT molecular complexity index is 856. The number of benzene rings is 1. The van der Waals surface area contributed by atoms with Crippen LogP contribution in [0, 0.1) is 5.92 Å². The third-order valence-corrected chi connectivity index (χ3v) is 4.88. The van der Waals surface area contributed by atoms with Gasteiger partial charge < -0.3 is 38.3 Å². The second kappa shape index (κ2) is 14.5. The number of nitrogens with one attached hydrogen (secondary N) is 3. The maximum absolute atomic E-state index is 13.0. The number of hydrogen-bond donors (Lipinski definition) is 7. The molecule has 0 aliphatic heterocycles. The molecule has 0 spiro atoms. The van der Waals surface area contributed by atoms with Crippen molar-refractivity contribution in [3.63, 3.8) is 0 Å². The minimum atomic E-state index is -1.21. The Morgan fingerprint density at radius 1 is 1.00 bits per heavy atom. The van der Waals surface area contributed by atoms with Crippen molar-refractivity contribution >= 4 is 29.7 Å². The summed E-state index contributed by atoms with van der Waals surface area (Å²) in [5.74, 6) is -3.32. The van der Waals surface area contributed by atoms with Gasteiger partial charge in [0.15, 0.2) is 5.96 Å². The Hall–Kier alpha value is -3.67. The van der Waals surface area contributed by atoms with E-state index < -0.39 is 48.4 Å². The van der Waals surface area contributed by atoms with Gasteiger partial charge in [0, 0.05) is 13.0 Å². The average Bonchev–Trinajstić information content (AvgIpc) is 2.78. The maximum Gasteiger partial charge on any atom is 0.322 e. The van der Waals surface area contributed by atoms with E-state index in [1.54, 1.807) is 38.1 Å². The summed E-state index contributed by atoms with van der Waals surface area (Å²) >= 11 is 0. The monoisotopic (exact) mass is 477 g/mol. The molecule has 0 aliphatic rings. The molecular weight excluding hydrogens is 442 g/mol. The van der Waals surface area contributed by atoms with Crippen molar-refractivity contribution in [3.05, 3.63) is 35.9 Å². The van der Waals surface area contributed by atoms with Crippen LogP contribution in [0.15, 0.2) is 35.3 Å². The SMILES string of the molecule is CC(C)C(NC(=O)C(N)CCCN=C(N)N)C(=O)NC(Cc1ccccc1)C(=O)NCC(=O)O. The highest BCUT2D eigenvalue weighted by Crippen LogP contribution is 2.08. The Labute approximate surface area is 198 Å². The van der Waals surface area contributed by atoms with Crippen molar-refractivity contribution in [2.24, 2.45) is 28.1 Å². The molecule has 188 valence electrons. The fourth-order valence-corrected chi connectivity index (χ4v) is 3.05. The minimum absolute atomic E-state index is 0.0491. The first-order chi connectivity index (χ1) is 16.0. The van der Waals surface area contributed by atoms with Crippen LogP contribution in [-0.2, 0) is 25.6 Å². The van der Waals surface area contributed by atoms with Crippen molar-refractivity contribution < 1.29 is 24.3 Å². The lowest BCUT2D eigenvalue weighted by Crippen LogP contribution is -2.58. The highest BCUT2D eigenvalue weighted by Gasteiger charge is 2.30. The Morgan fingerprint density at radius 3 is 2.21 bits per heavy atom. The molecule has 0 radical (unpaired) electrons. The lowest BCUT2D eigenvalue weighted by atomic mass is 10.00. The van der Waals surface area contributed by atoms with E-state index >= 15 is 0 Å². The third kappa shape index (κ3) is 10.8. The molecule has 0 saturated carbocycles. The Balaban J connectivity index is 2.85. The van der Waals surface area contributed by atoms with Crippen LogP contribution in [0.5, 0.6) is 0 Å². The van der Waals surface area contributed by atoms with Crippen molar-refractivity contribution in [3.8, 4) is 0 Å². The molecule has 1 aromatic rings. The fraction of sp³-hybridized carbons (Fsp3) is 0.500. The third-order valence-electron chi connectivity index (χ3n) is 4.88. The van der Waals surface area contributed by atoms with E-state index in [1.165, 1.54) is 0 Å². The molecule has 0 aliphatic carbocycles. The van der Waals surface area contributed by atoms with Crippen LogP contribution in [0.2, 0.25) is 0 Å². The molecule has 3 amide bonds. The molecule has 1 rings (SSSR count). The van der Waals surface area contributed by atoms with E-state index in [1.807, 2.05) is 6.07 Å². The molecule has 1 aromatic carbocycles. The van der Waals surface area contributed by atoms with Gasteiger partial charge in [-0.1, -0.05) is 44.2 Å². The number of amides is 3. The zero-order valence-electron chi connectivity index (χ0n) is 19.5. The van der Waals surface area contributed by atoms with Gasteiger partial charge in [0.25, 0.3) is 0 Å². The predicted molar refractivity (Wildman–Crippen MR) is 127 cm³/mol. The van der Waals surface area contributed by atoms with Crippen LogP contribution < -0.4 is 33.2 Å². The first kappa shape index (κ1) is 28.4. The molecule has 10 N–H and O–H groups in total. The number of rotatable bonds is 14. The van der Waals surface area contributed by atoms with Gasteiger partial charge in [0.05, 0.1) is 6.04 Å². The first-order valence-electron chi connectivity index (χ1n) is 11.0. The average molecular weight is 478 g/mol. The van der Waals surface area contributed by atoms with Crippen LogP contribution >= 0.6 is 0 Å². The highest BCUT2D eigenvalue weighted by atomic mass is 16.4. The zero-order valence-corrected chi connectivity index (χ0v) is 19.5. The summed E-state index contributed by atoms with van der Waals surface area (Å²) in [7, 11) is 0. The zero-order chi connectivity index (χ0) is 25.7. The summed E-state index contributed by atoms with van der Waals surface area (Å²) in [6, 6.07) is 6.08. The number of aliphatic imine (C=N–C) groups is 1. The van der Waals surface area contributed by atoms with Crippen molar-refractivity contribution in [1.29, 1.82) is 0 Å². The number of carboxylic acid groups (broad SMARTS) is 1. The number of nitrogens with two attached hydrogens (primary N) is 3. The molecule has 0 bridgehead atoms. The molecule has 0 saturated heterocycles. The number of aliphatic carboxylic acids is 1. The smallest absolute Gasteiger partial charge is 0.322 e. The summed E-state index contributed by atoms with van der Waals surface area (Å²) in [5, 5.41) is 16.4. The number of hydrogen-bond acceptors (Lipinski definition) is 6. The number of carbonyl (C=O) groups is 4. The summed E-state index contributed by atoms with van der Waals surface area (Å²) in [5.41, 5.74) is 17.2. The van der Waals surface area contributed by atoms with Crippen molar-refractivity contribution in [2.75, 3.05) is 13.1 Å². The second-order valence-electron chi connectivity index (χ2n) is 8.15. The topological polar surface area (TPSA) is 215 Å². The number of nitrogens with zero attached hydrogens (tertiary/aromatic N) is 1. The molecule has 0 fully saturated rings. The standard InChI is InChI=1S/C22H35N7O5/c1-13(2)18(29-19(32)15(23)9-6-10-26-22(24)25)21(34)28-16(20(33)27-12-17(30)31)11-14-7-4-3-5-8-14/h3-5,7-8,13,15-16,18H,6,9-12,23H2,1-2H3,(H,27,33)(H,28,34)(H,29,32)(H,30,31)(H4,24,25,26). The molecular formula is C22H35N7O5. The lowest BCUT2D eigenvalue weighted by Gasteiger charge is -2.26. The predicted octanol–water partition coefficient (Wildman–Crippen LogP) is -1.56. The van der Waals surface area contributed by atoms with Crippen molar-refractivity contribution in [2.45, 2.75) is 51.2 Å². The van der Waals surface area contributed by atoms with Gasteiger partial charge in [-0.3, -0.25) is 24.2 Å². The normalized spacial score (nSPS) is 13.3. The van der Waals surface area contributed by atoms with E-state index in [9.17, 15) is 19.2 Å². The number of carboxylic acids is 1. The van der Waals surface area contributed by atoms with Crippen molar-refractivity contribution in [1.82, 2.24) is 16.0 Å². The summed E-state index contributed by atoms with van der Waals surface area (Å²) in [4.78, 5) is 52.8. The summed E-state index contributed by atoms with van der Waals surface area (Å²) in [6.07, 6.45) is 0.929. The van der Waals surface area contributed by atoms with Crippen LogP contribution in [0.1, 0.15) is 32.3 Å². The molecule has 12 heteroatoms. The molecule has 3 atom stereocenters. The molecule has 12 nitrogen and oxygen atoms in total. The molecule has 0 aromatic heterocycles. The van der Waals surface area contributed by atoms with Crippen LogP contribution in [0.4, 0.5) is 0 Å². The van der Waals surface area contributed by atoms with Gasteiger partial charge in [-0.05, 0) is 24.3 Å². The molecule has 34 heavy (non-hydrogen) atoms. The summed E-state index contributed by atoms with van der Waals surface area (Å²) in [6.45, 7) is 3.22. The maximum atomic E-state index is 13.0. The van der Waals surface area contributed by atoms with Crippen LogP contribution in [0.3, 0.4) is 0 Å². The van der Waals surface area contributed by atoms with Gasteiger partial charge in [0.1, 0.15) is 18.6 Å². The van der Waals surface area contributed by atoms with E-state index in [0.29, 0.717) is 19.4 Å². The molecule has 0 heterocycles. The van der Waals surface area contributed by atoms with Gasteiger partial charge in [-0.25, -0.2) is 0 Å². The van der Waals surface area contributed by atoms with E-state index in [4.69, 9.17) is 22.3 Å². The number of carbonyl (C=O) groups excluding carboxylic acids is 3. The Kier molecular flexibility index (Phi) is 12.1. The largest absolute Gasteiger partial charge is 0.480 e. The van der Waals surface area contributed by atoms with E-state index in [2.05, 4.69) is 20.9 Å². The lowest BCUT2D eigenvalue weighted by molar-refractivity contribution is -0.138. The quantitative estimate of drug-likeness (QED) is 0.0942. The Morgan fingerprint density at radius 2 is 1.65 bits per heavy atom. The highest BCUT2D eigenvalue weighted by molar-refractivity contribution is 5.94. The fourth-order valence-electron chi connectivity index (χ4n) is 3.05. The minimum Gasteiger partial charge on any atom is -0.480 e. The van der Waals surface area contributed by atoms with Gasteiger partial charge in [-0.15, -0.1) is 0 Å². The summed E-state index contributed by atoms with van der Waals surface area (Å²) < 4.78 is 0. The van der Waals surface area contributed by atoms with Gasteiger partial charge in [0.2, 0.25) is 17.7 Å². The first-order valence-corrected chi connectivity index (χ1v) is 11.0. The van der Waals surface area contributed by atoms with Crippen LogP contribution in [0.25, 0.3) is 0 Å². The van der Waals surface area contributed by atoms with Gasteiger partial charge in [-0.2, -0.15) is 0 Å². The van der Waals surface area contributed by atoms with Gasteiger partial charge >= 0.3 is 5.97 Å². The molecule has 3 unspecified atom stereocenters. The second-order valence-corrected chi connectivity index (χ2v) is 8.15. The van der Waals surface area contributed by atoms with E-state index in [0.717, 1.165) is 5.56 Å².